The van der Waals surface area contributed by atoms with Gasteiger partial charge in [0.05, 0.1) is 0 Å². The van der Waals surface area contributed by atoms with E-state index in [1.165, 1.54) is 44.9 Å². The second kappa shape index (κ2) is 4.79. The summed E-state index contributed by atoms with van der Waals surface area (Å²) < 4.78 is 0. The van der Waals surface area contributed by atoms with Gasteiger partial charge in [-0.05, 0) is 11.8 Å². The highest BCUT2D eigenvalue weighted by Crippen LogP contribution is 2.36. The van der Waals surface area contributed by atoms with Crippen LogP contribution in [0, 0.1) is 11.8 Å². The molecule has 1 aliphatic rings. The van der Waals surface area contributed by atoms with Crippen LogP contribution < -0.4 is 0 Å². The van der Waals surface area contributed by atoms with Crippen LogP contribution in [0.25, 0.3) is 0 Å². The lowest BCUT2D eigenvalue weighted by molar-refractivity contribution is 0.346. The summed E-state index contributed by atoms with van der Waals surface area (Å²) >= 11 is 0. The lowest BCUT2D eigenvalue weighted by Gasteiger charge is -2.16. The maximum atomic E-state index is 2.36. The quantitative estimate of drug-likeness (QED) is 0.574. The van der Waals surface area contributed by atoms with Crippen molar-refractivity contribution in [3.05, 3.63) is 0 Å². The van der Waals surface area contributed by atoms with Gasteiger partial charge in [-0.2, -0.15) is 0 Å². The highest BCUT2D eigenvalue weighted by Gasteiger charge is 2.24. The van der Waals surface area contributed by atoms with Crippen LogP contribution in [0.4, 0.5) is 0 Å². The standard InChI is InChI=1S/C11H22/c1-3-5-7-11-9-6-8-10(11)4-2/h10-11H,3-9H2,1-2H3/t10-,11+/m0/s1. The number of hydrogen-bond acceptors (Lipinski definition) is 0. The molecule has 0 heteroatoms. The molecule has 0 heterocycles. The SMILES string of the molecule is CCCC[C@@H]1CCC[C@@H]1CC. The molecule has 1 aliphatic carbocycles. The summed E-state index contributed by atoms with van der Waals surface area (Å²) in [5, 5.41) is 0. The van der Waals surface area contributed by atoms with E-state index in [2.05, 4.69) is 13.8 Å². The van der Waals surface area contributed by atoms with Crippen LogP contribution in [-0.4, -0.2) is 0 Å². The Morgan fingerprint density at radius 1 is 1.09 bits per heavy atom. The van der Waals surface area contributed by atoms with Gasteiger partial charge in [-0.3, -0.25) is 0 Å². The molecule has 0 aromatic carbocycles. The molecule has 66 valence electrons. The summed E-state index contributed by atoms with van der Waals surface area (Å²) in [6, 6.07) is 0. The molecule has 0 aliphatic heterocycles. The Morgan fingerprint density at radius 2 is 1.82 bits per heavy atom. The fraction of sp³-hybridized carbons (Fsp3) is 1.00. The Kier molecular flexibility index (Phi) is 3.96. The van der Waals surface area contributed by atoms with Gasteiger partial charge in [0.1, 0.15) is 0 Å². The smallest absolute Gasteiger partial charge is 0.0386 e. The number of hydrogen-bond donors (Lipinski definition) is 0. The van der Waals surface area contributed by atoms with Gasteiger partial charge < -0.3 is 0 Å². The Labute approximate surface area is 71.4 Å². The van der Waals surface area contributed by atoms with Crippen LogP contribution in [0.3, 0.4) is 0 Å². The molecule has 1 rings (SSSR count). The third-order valence-corrected chi connectivity index (χ3v) is 3.27. The molecule has 0 aromatic heterocycles. The van der Waals surface area contributed by atoms with Crippen molar-refractivity contribution in [2.24, 2.45) is 11.8 Å². The van der Waals surface area contributed by atoms with E-state index in [4.69, 9.17) is 0 Å². The first kappa shape index (κ1) is 9.09. The van der Waals surface area contributed by atoms with E-state index in [9.17, 15) is 0 Å². The van der Waals surface area contributed by atoms with E-state index in [0.29, 0.717) is 0 Å². The molecule has 0 N–H and O–H groups in total. The fourth-order valence-corrected chi connectivity index (χ4v) is 2.50. The topological polar surface area (TPSA) is 0 Å². The highest BCUT2D eigenvalue weighted by atomic mass is 14.3. The average molecular weight is 154 g/mol. The van der Waals surface area contributed by atoms with E-state index in [1.54, 1.807) is 0 Å². The largest absolute Gasteiger partial charge is 0.0654 e. The molecule has 0 amide bonds. The van der Waals surface area contributed by atoms with E-state index < -0.39 is 0 Å². The zero-order valence-electron chi connectivity index (χ0n) is 8.10. The molecule has 0 spiro atoms. The second-order valence-electron chi connectivity index (χ2n) is 4.00. The van der Waals surface area contributed by atoms with Gasteiger partial charge in [0.25, 0.3) is 0 Å². The molecule has 0 aromatic rings. The molecule has 0 nitrogen and oxygen atoms in total. The summed E-state index contributed by atoms with van der Waals surface area (Å²) in [5.74, 6) is 2.18. The normalized spacial score (nSPS) is 31.1. The zero-order chi connectivity index (χ0) is 8.10. The van der Waals surface area contributed by atoms with E-state index in [0.717, 1.165) is 11.8 Å². The monoisotopic (exact) mass is 154 g/mol. The first-order valence-corrected chi connectivity index (χ1v) is 5.38. The van der Waals surface area contributed by atoms with Crippen LogP contribution in [0.1, 0.15) is 58.8 Å². The minimum Gasteiger partial charge on any atom is -0.0654 e. The summed E-state index contributed by atoms with van der Waals surface area (Å²) in [7, 11) is 0. The predicted molar refractivity (Wildman–Crippen MR) is 50.6 cm³/mol. The third-order valence-electron chi connectivity index (χ3n) is 3.27. The molecule has 0 radical (unpaired) electrons. The van der Waals surface area contributed by atoms with Gasteiger partial charge >= 0.3 is 0 Å². The Hall–Kier alpha value is 0. The van der Waals surface area contributed by atoms with Crippen molar-refractivity contribution < 1.29 is 0 Å². The van der Waals surface area contributed by atoms with E-state index in [1.807, 2.05) is 0 Å². The lowest BCUT2D eigenvalue weighted by Crippen LogP contribution is -2.06. The first-order chi connectivity index (χ1) is 5.38. The predicted octanol–water partition coefficient (Wildman–Crippen LogP) is 4.00. The van der Waals surface area contributed by atoms with Crippen LogP contribution in [0.5, 0.6) is 0 Å². The summed E-state index contributed by atoms with van der Waals surface area (Å²) in [4.78, 5) is 0. The molecule has 2 atom stereocenters. The third kappa shape index (κ3) is 2.50. The van der Waals surface area contributed by atoms with Crippen LogP contribution >= 0.6 is 0 Å². The summed E-state index contributed by atoms with van der Waals surface area (Å²) in [6.45, 7) is 4.66. The molecule has 0 saturated heterocycles. The van der Waals surface area contributed by atoms with Gasteiger partial charge in [-0.1, -0.05) is 58.8 Å². The molecular weight excluding hydrogens is 132 g/mol. The van der Waals surface area contributed by atoms with Crippen LogP contribution in [0.2, 0.25) is 0 Å². The average Bonchev–Trinajstić information content (AvgIpc) is 2.47. The molecule has 1 fully saturated rings. The highest BCUT2D eigenvalue weighted by molar-refractivity contribution is 4.76. The molecule has 0 bridgehead atoms. The van der Waals surface area contributed by atoms with Gasteiger partial charge in [-0.15, -0.1) is 0 Å². The maximum Gasteiger partial charge on any atom is -0.0386 e. The van der Waals surface area contributed by atoms with Crippen molar-refractivity contribution in [1.82, 2.24) is 0 Å². The second-order valence-corrected chi connectivity index (χ2v) is 4.00. The maximum absolute atomic E-state index is 2.36. The number of rotatable bonds is 4. The Balaban J connectivity index is 2.20. The van der Waals surface area contributed by atoms with Crippen molar-refractivity contribution in [2.45, 2.75) is 58.8 Å². The summed E-state index contributed by atoms with van der Waals surface area (Å²) in [5.41, 5.74) is 0. The molecule has 1 saturated carbocycles. The zero-order valence-corrected chi connectivity index (χ0v) is 8.10. The molecular formula is C11H22. The lowest BCUT2D eigenvalue weighted by atomic mass is 9.89. The Bertz CT molecular complexity index is 96.2. The van der Waals surface area contributed by atoms with Crippen molar-refractivity contribution in [3.8, 4) is 0 Å². The first-order valence-electron chi connectivity index (χ1n) is 5.38. The fourth-order valence-electron chi connectivity index (χ4n) is 2.50. The Morgan fingerprint density at radius 3 is 2.45 bits per heavy atom. The van der Waals surface area contributed by atoms with Gasteiger partial charge in [0, 0.05) is 0 Å². The van der Waals surface area contributed by atoms with Crippen molar-refractivity contribution >= 4 is 0 Å². The van der Waals surface area contributed by atoms with E-state index in [-0.39, 0.29) is 0 Å². The van der Waals surface area contributed by atoms with Crippen LogP contribution in [-0.2, 0) is 0 Å². The van der Waals surface area contributed by atoms with Gasteiger partial charge in [0.15, 0.2) is 0 Å². The summed E-state index contributed by atoms with van der Waals surface area (Å²) in [6.07, 6.45) is 10.3. The van der Waals surface area contributed by atoms with E-state index >= 15 is 0 Å². The number of unbranched alkanes of at least 4 members (excludes halogenated alkanes) is 1. The molecule has 0 unspecified atom stereocenters. The van der Waals surface area contributed by atoms with Crippen molar-refractivity contribution in [1.29, 1.82) is 0 Å². The van der Waals surface area contributed by atoms with Crippen molar-refractivity contribution in [2.75, 3.05) is 0 Å². The van der Waals surface area contributed by atoms with Gasteiger partial charge in [-0.25, -0.2) is 0 Å². The van der Waals surface area contributed by atoms with Crippen LogP contribution in [0.15, 0.2) is 0 Å². The van der Waals surface area contributed by atoms with Gasteiger partial charge in [0.2, 0.25) is 0 Å². The van der Waals surface area contributed by atoms with Crippen molar-refractivity contribution in [3.63, 3.8) is 0 Å². The molecule has 11 heavy (non-hydrogen) atoms. The minimum absolute atomic E-state index is 1.08. The minimum atomic E-state index is 1.08.